The molecule has 0 aliphatic carbocycles. The van der Waals surface area contributed by atoms with Gasteiger partial charge in [-0.1, -0.05) is 39.8 Å². The summed E-state index contributed by atoms with van der Waals surface area (Å²) < 4.78 is 38.3. The summed E-state index contributed by atoms with van der Waals surface area (Å²) in [5, 5.41) is 0. The third-order valence-electron chi connectivity index (χ3n) is 2.82. The van der Waals surface area contributed by atoms with Gasteiger partial charge in [0, 0.05) is 6.42 Å². The molecule has 0 saturated carbocycles. The maximum atomic E-state index is 11.9. The van der Waals surface area contributed by atoms with Gasteiger partial charge in [-0.25, -0.2) is 8.42 Å². The molecule has 0 radical (unpaired) electrons. The molecular formula is C15H21NaO5S. The molecule has 0 aliphatic rings. The average Bonchev–Trinajstić information content (AvgIpc) is 2.24. The number of carbonyl (C=O) groups is 1. The number of hydrogen-bond donors (Lipinski definition) is 0. The van der Waals surface area contributed by atoms with E-state index in [1.54, 1.807) is 0 Å². The van der Waals surface area contributed by atoms with Crippen LogP contribution in [0.25, 0.3) is 0 Å². The van der Waals surface area contributed by atoms with Gasteiger partial charge in [-0.2, -0.15) is 0 Å². The second-order valence-corrected chi connectivity index (χ2v) is 7.80. The Hall–Kier alpha value is -0.400. The Bertz CT molecular complexity index is 605. The zero-order valence-electron chi connectivity index (χ0n) is 13.8. The van der Waals surface area contributed by atoms with Crippen LogP contribution in [0.15, 0.2) is 29.2 Å². The molecule has 0 N–H and O–H groups in total. The molecule has 7 heteroatoms. The first-order chi connectivity index (χ1) is 9.49. The number of hydrogen-bond acceptors (Lipinski definition) is 5. The van der Waals surface area contributed by atoms with E-state index < -0.39 is 21.0 Å². The van der Waals surface area contributed by atoms with Crippen LogP contribution in [-0.2, 0) is 14.9 Å². The van der Waals surface area contributed by atoms with Crippen molar-refractivity contribution in [3.8, 4) is 5.75 Å². The minimum atomic E-state index is -4.66. The third-order valence-corrected chi connectivity index (χ3v) is 3.69. The van der Waals surface area contributed by atoms with Crippen LogP contribution in [0.5, 0.6) is 5.75 Å². The van der Waals surface area contributed by atoms with E-state index in [0.717, 1.165) is 12.5 Å². The van der Waals surface area contributed by atoms with Crippen molar-refractivity contribution in [2.24, 2.45) is 11.3 Å². The molecule has 0 aromatic heterocycles. The smallest absolute Gasteiger partial charge is 0.744 e. The van der Waals surface area contributed by atoms with E-state index in [1.807, 2.05) is 6.92 Å². The molecule has 0 heterocycles. The zero-order chi connectivity index (χ0) is 16.3. The van der Waals surface area contributed by atoms with Gasteiger partial charge in [0.2, 0.25) is 0 Å². The molecule has 0 fully saturated rings. The first kappa shape index (κ1) is 21.6. The molecule has 1 aromatic rings. The van der Waals surface area contributed by atoms with Gasteiger partial charge in [-0.15, -0.1) is 0 Å². The van der Waals surface area contributed by atoms with Gasteiger partial charge in [0.05, 0.1) is 4.90 Å². The van der Waals surface area contributed by atoms with Crippen LogP contribution in [0, 0.1) is 11.3 Å². The van der Waals surface area contributed by atoms with E-state index >= 15 is 0 Å². The second kappa shape index (κ2) is 8.45. The fourth-order valence-corrected chi connectivity index (χ4v) is 2.91. The van der Waals surface area contributed by atoms with Gasteiger partial charge < -0.3 is 9.29 Å². The van der Waals surface area contributed by atoms with E-state index in [2.05, 4.69) is 20.8 Å². The van der Waals surface area contributed by atoms with Crippen LogP contribution in [0.4, 0.5) is 0 Å². The summed E-state index contributed by atoms with van der Waals surface area (Å²) in [5.41, 5.74) is 0.0932. The molecule has 118 valence electrons. The molecular weight excluding hydrogens is 315 g/mol. The van der Waals surface area contributed by atoms with Crippen LogP contribution in [0.3, 0.4) is 0 Å². The minimum absolute atomic E-state index is 0. The van der Waals surface area contributed by atoms with Crippen LogP contribution >= 0.6 is 0 Å². The van der Waals surface area contributed by atoms with E-state index in [9.17, 15) is 17.8 Å². The van der Waals surface area contributed by atoms with Crippen molar-refractivity contribution in [1.29, 1.82) is 0 Å². The van der Waals surface area contributed by atoms with E-state index in [4.69, 9.17) is 4.74 Å². The molecule has 0 saturated heterocycles. The number of benzene rings is 1. The molecule has 1 aromatic carbocycles. The minimum Gasteiger partial charge on any atom is -0.744 e. The summed E-state index contributed by atoms with van der Waals surface area (Å²) in [6.45, 7) is 8.17. The standard InChI is InChI=1S/C15H22O5S.Na/c1-11(10-15(2,3)4)9-14(16)20-12-7-5-6-8-13(12)21(17,18)19;/h5-8,11H,9-10H2,1-4H3,(H,17,18,19);/q;+1/p-1. The third kappa shape index (κ3) is 7.74. The monoisotopic (exact) mass is 336 g/mol. The number of rotatable bonds is 5. The van der Waals surface area contributed by atoms with Gasteiger partial charge >= 0.3 is 35.5 Å². The van der Waals surface area contributed by atoms with Gasteiger partial charge in [0.25, 0.3) is 0 Å². The van der Waals surface area contributed by atoms with Crippen LogP contribution in [0.1, 0.15) is 40.5 Å². The summed E-state index contributed by atoms with van der Waals surface area (Å²) in [7, 11) is -4.66. The second-order valence-electron chi connectivity index (χ2n) is 6.45. The van der Waals surface area contributed by atoms with Gasteiger partial charge in [0.1, 0.15) is 15.9 Å². The van der Waals surface area contributed by atoms with Crippen LogP contribution in [-0.4, -0.2) is 18.9 Å². The molecule has 22 heavy (non-hydrogen) atoms. The van der Waals surface area contributed by atoms with E-state index in [1.165, 1.54) is 18.2 Å². The van der Waals surface area contributed by atoms with Gasteiger partial charge in [0.15, 0.2) is 0 Å². The number of ether oxygens (including phenoxy) is 1. The summed E-state index contributed by atoms with van der Waals surface area (Å²) in [6, 6.07) is 5.35. The molecule has 0 bridgehead atoms. The summed E-state index contributed by atoms with van der Waals surface area (Å²) >= 11 is 0. The van der Waals surface area contributed by atoms with Crippen molar-refractivity contribution in [3.63, 3.8) is 0 Å². The Balaban J connectivity index is 0.00000441. The first-order valence-electron chi connectivity index (χ1n) is 6.74. The summed E-state index contributed by atoms with van der Waals surface area (Å²) in [4.78, 5) is 11.4. The molecule has 0 amide bonds. The maximum absolute atomic E-state index is 11.9. The maximum Gasteiger partial charge on any atom is 1.00 e. The average molecular weight is 336 g/mol. The Morgan fingerprint density at radius 1 is 1.27 bits per heavy atom. The fraction of sp³-hybridized carbons (Fsp3) is 0.533. The largest absolute Gasteiger partial charge is 1.00 e. The number of carbonyl (C=O) groups excluding carboxylic acids is 1. The Kier molecular flexibility index (Phi) is 8.30. The Labute approximate surface area is 154 Å². The van der Waals surface area contributed by atoms with Gasteiger partial charge in [-0.05, 0) is 29.9 Å². The summed E-state index contributed by atoms with van der Waals surface area (Å²) in [5.74, 6) is -0.642. The van der Waals surface area contributed by atoms with Crippen molar-refractivity contribution in [3.05, 3.63) is 24.3 Å². The normalized spacial score (nSPS) is 13.1. The molecule has 1 unspecified atom stereocenters. The number of para-hydroxylation sites is 1. The van der Waals surface area contributed by atoms with Crippen LogP contribution < -0.4 is 34.3 Å². The molecule has 5 nitrogen and oxygen atoms in total. The quantitative estimate of drug-likeness (QED) is 0.326. The van der Waals surface area contributed by atoms with Crippen molar-refractivity contribution >= 4 is 16.1 Å². The molecule has 1 rings (SSSR count). The fourth-order valence-electron chi connectivity index (χ4n) is 2.31. The van der Waals surface area contributed by atoms with E-state index in [0.29, 0.717) is 0 Å². The topological polar surface area (TPSA) is 83.5 Å². The van der Waals surface area contributed by atoms with Crippen molar-refractivity contribution in [1.82, 2.24) is 0 Å². The first-order valence-corrected chi connectivity index (χ1v) is 8.15. The number of esters is 1. The predicted molar refractivity (Wildman–Crippen MR) is 77.9 cm³/mol. The summed E-state index contributed by atoms with van der Waals surface area (Å²) in [6.07, 6.45) is 1.01. The SMILES string of the molecule is CC(CC(=O)Oc1ccccc1S(=O)(=O)[O-])CC(C)(C)C.[Na+]. The van der Waals surface area contributed by atoms with E-state index in [-0.39, 0.29) is 53.1 Å². The zero-order valence-corrected chi connectivity index (χ0v) is 16.6. The predicted octanol–water partition coefficient (Wildman–Crippen LogP) is -0.0375. The van der Waals surface area contributed by atoms with Crippen molar-refractivity contribution in [2.75, 3.05) is 0 Å². The Morgan fingerprint density at radius 2 is 1.82 bits per heavy atom. The molecule has 0 spiro atoms. The van der Waals surface area contributed by atoms with Crippen LogP contribution in [0.2, 0.25) is 0 Å². The van der Waals surface area contributed by atoms with Crippen molar-refractivity contribution < 1.29 is 52.1 Å². The van der Waals surface area contributed by atoms with Crippen molar-refractivity contribution in [2.45, 2.75) is 45.4 Å². The Morgan fingerprint density at radius 3 is 2.32 bits per heavy atom. The molecule has 0 aliphatic heterocycles. The molecule has 1 atom stereocenters. The van der Waals surface area contributed by atoms with Gasteiger partial charge in [-0.3, -0.25) is 4.79 Å².